The number of nitrogens with zero attached hydrogens (tertiary/aromatic N) is 1. The van der Waals surface area contributed by atoms with Gasteiger partial charge in [0.25, 0.3) is 0 Å². The zero-order chi connectivity index (χ0) is 13.2. The van der Waals surface area contributed by atoms with E-state index in [0.717, 1.165) is 22.9 Å². The van der Waals surface area contributed by atoms with Gasteiger partial charge in [0.1, 0.15) is 0 Å². The predicted molar refractivity (Wildman–Crippen MR) is 74.2 cm³/mol. The Hall–Kier alpha value is -1.45. The summed E-state index contributed by atoms with van der Waals surface area (Å²) < 4.78 is 0. The van der Waals surface area contributed by atoms with Gasteiger partial charge in [-0.05, 0) is 12.5 Å². The molecule has 0 saturated carbocycles. The second kappa shape index (κ2) is 5.04. The van der Waals surface area contributed by atoms with Crippen molar-refractivity contribution in [3.63, 3.8) is 0 Å². The van der Waals surface area contributed by atoms with Gasteiger partial charge in [-0.15, -0.1) is 0 Å². The maximum Gasteiger partial charge on any atom is 0.0876 e. The number of hydrogen-bond acceptors (Lipinski definition) is 3. The lowest BCUT2D eigenvalue weighted by molar-refractivity contribution is 0.0402. The Balaban J connectivity index is 2.54. The van der Waals surface area contributed by atoms with Crippen LogP contribution in [0.25, 0.3) is 10.9 Å². The Kier molecular flexibility index (Phi) is 3.64. The molecule has 18 heavy (non-hydrogen) atoms. The number of benzene rings is 1. The van der Waals surface area contributed by atoms with Crippen LogP contribution in [0.4, 0.5) is 0 Å². The van der Waals surface area contributed by atoms with Gasteiger partial charge in [0, 0.05) is 29.1 Å². The molecular weight excluding hydrogens is 224 g/mol. The monoisotopic (exact) mass is 244 g/mol. The minimum atomic E-state index is -0.592. The normalized spacial score (nSPS) is 16.4. The largest absolute Gasteiger partial charge is 0.388 e. The van der Waals surface area contributed by atoms with E-state index in [4.69, 9.17) is 5.73 Å². The molecule has 2 rings (SSSR count). The van der Waals surface area contributed by atoms with Gasteiger partial charge < -0.3 is 10.8 Å². The molecule has 0 aliphatic carbocycles. The molecule has 3 N–H and O–H groups in total. The lowest BCUT2D eigenvalue weighted by atomic mass is 9.78. The molecule has 2 atom stereocenters. The third kappa shape index (κ3) is 2.11. The van der Waals surface area contributed by atoms with Gasteiger partial charge in [-0.3, -0.25) is 4.98 Å². The fourth-order valence-corrected chi connectivity index (χ4v) is 2.17. The molecule has 0 amide bonds. The Morgan fingerprint density at radius 1 is 1.33 bits per heavy atom. The average Bonchev–Trinajstić information content (AvgIpc) is 2.45. The van der Waals surface area contributed by atoms with Crippen LogP contribution in [0.2, 0.25) is 0 Å². The van der Waals surface area contributed by atoms with E-state index >= 15 is 0 Å². The van der Waals surface area contributed by atoms with Gasteiger partial charge in [-0.2, -0.15) is 0 Å². The molecule has 0 bridgehead atoms. The lowest BCUT2D eigenvalue weighted by Crippen LogP contribution is -2.33. The summed E-state index contributed by atoms with van der Waals surface area (Å²) in [5.41, 5.74) is 7.23. The van der Waals surface area contributed by atoms with E-state index in [9.17, 15) is 5.11 Å². The first kappa shape index (κ1) is 13.0. The van der Waals surface area contributed by atoms with Gasteiger partial charge in [-0.25, -0.2) is 0 Å². The highest BCUT2D eigenvalue weighted by atomic mass is 16.3. The van der Waals surface area contributed by atoms with Gasteiger partial charge >= 0.3 is 0 Å². The molecule has 0 spiro atoms. The number of rotatable bonds is 4. The number of pyridine rings is 1. The van der Waals surface area contributed by atoms with Gasteiger partial charge in [0.05, 0.1) is 11.6 Å². The summed E-state index contributed by atoms with van der Waals surface area (Å²) in [5.74, 6) is 0. The molecule has 0 aliphatic heterocycles. The third-order valence-electron chi connectivity index (χ3n) is 3.89. The summed E-state index contributed by atoms with van der Waals surface area (Å²) in [6.07, 6.45) is 1.99. The van der Waals surface area contributed by atoms with Gasteiger partial charge in [-0.1, -0.05) is 38.1 Å². The second-order valence-corrected chi connectivity index (χ2v) is 5.04. The number of hydrogen-bond donors (Lipinski definition) is 2. The van der Waals surface area contributed by atoms with Crippen LogP contribution in [0, 0.1) is 5.41 Å². The van der Waals surface area contributed by atoms with Crippen molar-refractivity contribution in [2.24, 2.45) is 11.1 Å². The fraction of sp³-hybridized carbons (Fsp3) is 0.400. The fourth-order valence-electron chi connectivity index (χ4n) is 2.17. The molecule has 0 saturated heterocycles. The maximum atomic E-state index is 10.6. The minimum absolute atomic E-state index is 0.314. The number of nitrogens with two attached hydrogens (primary N) is 1. The smallest absolute Gasteiger partial charge is 0.0876 e. The number of aromatic nitrogens is 1. The van der Waals surface area contributed by atoms with Crippen LogP contribution in [0.3, 0.4) is 0 Å². The van der Waals surface area contributed by atoms with Crippen molar-refractivity contribution in [1.29, 1.82) is 0 Å². The van der Waals surface area contributed by atoms with E-state index in [1.807, 2.05) is 37.3 Å². The number of aliphatic hydroxyl groups is 1. The molecule has 2 aromatic rings. The second-order valence-electron chi connectivity index (χ2n) is 5.04. The zero-order valence-corrected chi connectivity index (χ0v) is 10.9. The Morgan fingerprint density at radius 2 is 2.06 bits per heavy atom. The lowest BCUT2D eigenvalue weighted by Gasteiger charge is -2.32. The summed E-state index contributed by atoms with van der Waals surface area (Å²) in [6, 6.07) is 9.80. The summed E-state index contributed by atoms with van der Waals surface area (Å²) in [5, 5.41) is 11.7. The van der Waals surface area contributed by atoms with E-state index in [0.29, 0.717) is 6.54 Å². The van der Waals surface area contributed by atoms with Crippen molar-refractivity contribution < 1.29 is 5.11 Å². The van der Waals surface area contributed by atoms with Crippen LogP contribution in [0.1, 0.15) is 31.9 Å². The van der Waals surface area contributed by atoms with Crippen LogP contribution in [0.5, 0.6) is 0 Å². The molecule has 1 heterocycles. The van der Waals surface area contributed by atoms with Crippen LogP contribution < -0.4 is 5.73 Å². The third-order valence-corrected chi connectivity index (χ3v) is 3.89. The Morgan fingerprint density at radius 3 is 2.72 bits per heavy atom. The highest BCUT2D eigenvalue weighted by Gasteiger charge is 2.32. The first-order valence-corrected chi connectivity index (χ1v) is 6.34. The van der Waals surface area contributed by atoms with Crippen molar-refractivity contribution in [2.75, 3.05) is 6.54 Å². The quantitative estimate of drug-likeness (QED) is 0.869. The van der Waals surface area contributed by atoms with Crippen molar-refractivity contribution in [1.82, 2.24) is 4.98 Å². The van der Waals surface area contributed by atoms with Gasteiger partial charge in [0.2, 0.25) is 0 Å². The summed E-state index contributed by atoms with van der Waals surface area (Å²) in [7, 11) is 0. The van der Waals surface area contributed by atoms with Crippen LogP contribution >= 0.6 is 0 Å². The average molecular weight is 244 g/mol. The highest BCUT2D eigenvalue weighted by molar-refractivity contribution is 5.81. The minimum Gasteiger partial charge on any atom is -0.388 e. The summed E-state index contributed by atoms with van der Waals surface area (Å²) in [4.78, 5) is 4.38. The van der Waals surface area contributed by atoms with Crippen LogP contribution in [-0.2, 0) is 0 Å². The Bertz CT molecular complexity index is 530. The molecule has 3 heteroatoms. The first-order chi connectivity index (χ1) is 8.62. The maximum absolute atomic E-state index is 10.6. The molecule has 1 aromatic heterocycles. The van der Waals surface area contributed by atoms with E-state index in [1.165, 1.54) is 0 Å². The van der Waals surface area contributed by atoms with Crippen molar-refractivity contribution in [2.45, 2.75) is 26.4 Å². The molecule has 96 valence electrons. The first-order valence-electron chi connectivity index (χ1n) is 6.34. The Labute approximate surface area is 108 Å². The molecule has 1 aromatic carbocycles. The molecular formula is C15H20N2O. The molecule has 0 aliphatic rings. The number of fused-ring (bicyclic) bond motifs is 1. The highest BCUT2D eigenvalue weighted by Crippen LogP contribution is 2.37. The molecule has 0 radical (unpaired) electrons. The van der Waals surface area contributed by atoms with Crippen molar-refractivity contribution in [3.8, 4) is 0 Å². The van der Waals surface area contributed by atoms with Crippen molar-refractivity contribution in [3.05, 3.63) is 42.1 Å². The molecule has 0 fully saturated rings. The molecule has 2 unspecified atom stereocenters. The standard InChI is InChI=1S/C15H20N2O/c1-3-15(2,10-16)14(18)12-8-4-6-11-7-5-9-17-13(11)12/h4-9,14,18H,3,10,16H2,1-2H3. The molecule has 3 nitrogen and oxygen atoms in total. The zero-order valence-electron chi connectivity index (χ0n) is 10.9. The van der Waals surface area contributed by atoms with E-state index < -0.39 is 6.10 Å². The number of para-hydroxylation sites is 1. The topological polar surface area (TPSA) is 59.1 Å². The summed E-state index contributed by atoms with van der Waals surface area (Å²) in [6.45, 7) is 4.52. The van der Waals surface area contributed by atoms with Crippen LogP contribution in [-0.4, -0.2) is 16.6 Å². The predicted octanol–water partition coefficient (Wildman–Crippen LogP) is 2.64. The van der Waals surface area contributed by atoms with E-state index in [1.54, 1.807) is 6.20 Å². The van der Waals surface area contributed by atoms with Gasteiger partial charge in [0.15, 0.2) is 0 Å². The van der Waals surface area contributed by atoms with E-state index in [-0.39, 0.29) is 5.41 Å². The summed E-state index contributed by atoms with van der Waals surface area (Å²) >= 11 is 0. The van der Waals surface area contributed by atoms with Crippen LogP contribution in [0.15, 0.2) is 36.5 Å². The SMILES string of the molecule is CCC(C)(CN)C(O)c1cccc2cccnc12. The number of aliphatic hydroxyl groups excluding tert-OH is 1. The van der Waals surface area contributed by atoms with Crippen molar-refractivity contribution >= 4 is 10.9 Å². The van der Waals surface area contributed by atoms with E-state index in [2.05, 4.69) is 11.9 Å².